The van der Waals surface area contributed by atoms with Crippen molar-refractivity contribution in [3.63, 3.8) is 0 Å². The minimum absolute atomic E-state index is 0.0490. The Balaban J connectivity index is 2.10. The van der Waals surface area contributed by atoms with Gasteiger partial charge < -0.3 is 4.89 Å². The lowest BCUT2D eigenvalue weighted by Crippen LogP contribution is -2.35. The summed E-state index contributed by atoms with van der Waals surface area (Å²) in [5, 5.41) is 0. The highest BCUT2D eigenvalue weighted by atomic mass is 31.2. The summed E-state index contributed by atoms with van der Waals surface area (Å²) in [5.74, 6) is -0.367. The molecule has 112 valence electrons. The maximum absolute atomic E-state index is 12.4. The predicted molar refractivity (Wildman–Crippen MR) is 78.3 cm³/mol. The van der Waals surface area contributed by atoms with Crippen LogP contribution in [0.25, 0.3) is 0 Å². The van der Waals surface area contributed by atoms with Gasteiger partial charge in [0.2, 0.25) is 5.52 Å². The first-order valence-corrected chi connectivity index (χ1v) is 8.87. The second-order valence-electron chi connectivity index (χ2n) is 6.00. The molecule has 1 fully saturated rings. The monoisotopic (exact) mass is 298 g/mol. The van der Waals surface area contributed by atoms with Crippen molar-refractivity contribution < 1.29 is 18.8 Å². The average Bonchev–Trinajstić information content (AvgIpc) is 2.42. The van der Waals surface area contributed by atoms with Crippen molar-refractivity contribution in [2.45, 2.75) is 51.6 Å². The van der Waals surface area contributed by atoms with Crippen LogP contribution in [0.3, 0.4) is 0 Å². The van der Waals surface area contributed by atoms with Gasteiger partial charge in [-0.05, 0) is 19.8 Å². The number of hydrogen-bond acceptors (Lipinski definition) is 3. The number of rotatable bonds is 4. The van der Waals surface area contributed by atoms with Gasteiger partial charge in [0.05, 0.1) is 5.60 Å². The third kappa shape index (κ3) is 3.30. The van der Waals surface area contributed by atoms with Gasteiger partial charge in [-0.25, -0.2) is 0 Å². The van der Waals surface area contributed by atoms with Crippen LogP contribution in [-0.2, 0) is 13.9 Å². The van der Waals surface area contributed by atoms with Crippen molar-refractivity contribution in [2.75, 3.05) is 0 Å². The molecule has 4 nitrogen and oxygen atoms in total. The maximum Gasteiger partial charge on any atom is 0.395 e. The zero-order valence-electron chi connectivity index (χ0n) is 12.1. The number of hydrogen-bond donors (Lipinski definition) is 1. The third-order valence-corrected chi connectivity index (χ3v) is 5.96. The highest BCUT2D eigenvalue weighted by Crippen LogP contribution is 2.53. The first kappa shape index (κ1) is 15.7. The van der Waals surface area contributed by atoms with Crippen LogP contribution in [0.5, 0.6) is 0 Å². The fourth-order valence-corrected chi connectivity index (χ4v) is 4.40. The lowest BCUT2D eigenvalue weighted by molar-refractivity contribution is -0.118. The Labute approximate surface area is 120 Å². The Bertz CT molecular complexity index is 476. The molecule has 0 saturated heterocycles. The summed E-state index contributed by atoms with van der Waals surface area (Å²) < 4.78 is 17.8. The number of carbonyl (C=O) groups is 1. The molecule has 2 aliphatic rings. The Morgan fingerprint density at radius 1 is 1.30 bits per heavy atom. The van der Waals surface area contributed by atoms with Crippen molar-refractivity contribution in [3.05, 3.63) is 24.3 Å². The van der Waals surface area contributed by atoms with Crippen LogP contribution in [0.2, 0.25) is 0 Å². The standard InChI is InChI=1S/C15H23O4P/c1-12-8-6-7-11-15(12,2)19-20(17,18)14(16)13-9-4-3-5-10-13/h6-8,11-13H,3-5,9-10H2,1-2H3,(H,17,18). The highest BCUT2D eigenvalue weighted by Gasteiger charge is 2.44. The van der Waals surface area contributed by atoms with E-state index in [9.17, 15) is 14.3 Å². The van der Waals surface area contributed by atoms with Crippen molar-refractivity contribution in [1.82, 2.24) is 0 Å². The zero-order valence-corrected chi connectivity index (χ0v) is 13.0. The van der Waals surface area contributed by atoms with Gasteiger partial charge in [0, 0.05) is 11.8 Å². The number of allylic oxidation sites excluding steroid dienone is 2. The topological polar surface area (TPSA) is 63.6 Å². The molecular formula is C15H23O4P. The van der Waals surface area contributed by atoms with Crippen LogP contribution in [-0.4, -0.2) is 16.0 Å². The molecule has 0 spiro atoms. The van der Waals surface area contributed by atoms with Crippen molar-refractivity contribution >= 4 is 13.1 Å². The minimum Gasteiger partial charge on any atom is -0.319 e. The summed E-state index contributed by atoms with van der Waals surface area (Å²) in [6.07, 6.45) is 11.7. The van der Waals surface area contributed by atoms with E-state index in [4.69, 9.17) is 4.52 Å². The van der Waals surface area contributed by atoms with Crippen molar-refractivity contribution in [3.8, 4) is 0 Å². The molecule has 1 N–H and O–H groups in total. The van der Waals surface area contributed by atoms with Gasteiger partial charge in [-0.15, -0.1) is 0 Å². The van der Waals surface area contributed by atoms with Gasteiger partial charge in [-0.1, -0.05) is 50.5 Å². The number of carbonyl (C=O) groups excluding carboxylic acids is 1. The molecule has 0 aromatic carbocycles. The normalized spacial score (nSPS) is 33.9. The molecule has 20 heavy (non-hydrogen) atoms. The van der Waals surface area contributed by atoms with E-state index in [1.54, 1.807) is 19.1 Å². The van der Waals surface area contributed by atoms with Crippen molar-refractivity contribution in [2.24, 2.45) is 11.8 Å². The van der Waals surface area contributed by atoms with Crippen molar-refractivity contribution in [1.29, 1.82) is 0 Å². The molecule has 3 unspecified atom stereocenters. The Hall–Kier alpha value is -0.700. The van der Waals surface area contributed by atoms with Crippen LogP contribution in [0, 0.1) is 11.8 Å². The first-order valence-electron chi connectivity index (χ1n) is 7.29. The Morgan fingerprint density at radius 3 is 2.55 bits per heavy atom. The summed E-state index contributed by atoms with van der Waals surface area (Å²) in [5.41, 5.74) is -1.50. The molecule has 0 heterocycles. The van der Waals surface area contributed by atoms with E-state index in [0.29, 0.717) is 12.8 Å². The molecule has 0 aromatic heterocycles. The average molecular weight is 298 g/mol. The van der Waals surface area contributed by atoms with Gasteiger partial charge in [0.1, 0.15) is 0 Å². The molecule has 2 aliphatic carbocycles. The van der Waals surface area contributed by atoms with Crippen LogP contribution in [0.1, 0.15) is 46.0 Å². The summed E-state index contributed by atoms with van der Waals surface area (Å²) >= 11 is 0. The summed E-state index contributed by atoms with van der Waals surface area (Å²) in [6.45, 7) is 3.65. The smallest absolute Gasteiger partial charge is 0.319 e. The van der Waals surface area contributed by atoms with E-state index in [2.05, 4.69) is 0 Å². The van der Waals surface area contributed by atoms with E-state index >= 15 is 0 Å². The van der Waals surface area contributed by atoms with Crippen LogP contribution in [0.15, 0.2) is 24.3 Å². The molecular weight excluding hydrogens is 275 g/mol. The lowest BCUT2D eigenvalue weighted by Gasteiger charge is -2.34. The minimum atomic E-state index is -4.25. The molecule has 0 bridgehead atoms. The quantitative estimate of drug-likeness (QED) is 0.801. The van der Waals surface area contributed by atoms with E-state index in [1.807, 2.05) is 19.1 Å². The van der Waals surface area contributed by atoms with Gasteiger partial charge in [-0.3, -0.25) is 13.9 Å². The molecule has 0 amide bonds. The highest BCUT2D eigenvalue weighted by molar-refractivity contribution is 7.71. The van der Waals surface area contributed by atoms with Crippen LogP contribution >= 0.6 is 7.60 Å². The molecule has 5 heteroatoms. The lowest BCUT2D eigenvalue weighted by atomic mass is 9.87. The SMILES string of the molecule is CC1C=CC=CC1(C)OP(=O)(O)C(=O)C1CCCCC1. The molecule has 1 saturated carbocycles. The van der Waals surface area contributed by atoms with Crippen LogP contribution in [0.4, 0.5) is 0 Å². The van der Waals surface area contributed by atoms with E-state index in [1.165, 1.54) is 0 Å². The third-order valence-electron chi connectivity index (χ3n) is 4.40. The van der Waals surface area contributed by atoms with Gasteiger partial charge >= 0.3 is 7.60 Å². The largest absolute Gasteiger partial charge is 0.395 e. The summed E-state index contributed by atoms with van der Waals surface area (Å²) in [4.78, 5) is 22.4. The maximum atomic E-state index is 12.4. The summed E-state index contributed by atoms with van der Waals surface area (Å²) in [6, 6.07) is 0. The van der Waals surface area contributed by atoms with Gasteiger partial charge in [-0.2, -0.15) is 0 Å². The van der Waals surface area contributed by atoms with Gasteiger partial charge in [0.25, 0.3) is 0 Å². The molecule has 2 rings (SSSR count). The molecule has 0 aliphatic heterocycles. The van der Waals surface area contributed by atoms with E-state index < -0.39 is 18.7 Å². The molecule has 3 atom stereocenters. The van der Waals surface area contributed by atoms with E-state index in [0.717, 1.165) is 19.3 Å². The Morgan fingerprint density at radius 2 is 1.95 bits per heavy atom. The predicted octanol–water partition coefficient (Wildman–Crippen LogP) is 3.82. The first-order chi connectivity index (χ1) is 9.35. The van der Waals surface area contributed by atoms with E-state index in [-0.39, 0.29) is 11.8 Å². The Kier molecular flexibility index (Phi) is 4.68. The molecule has 0 aromatic rings. The zero-order chi connectivity index (χ0) is 14.8. The summed E-state index contributed by atoms with van der Waals surface area (Å²) in [7, 11) is -4.25. The van der Waals surface area contributed by atoms with Gasteiger partial charge in [0.15, 0.2) is 0 Å². The second kappa shape index (κ2) is 5.97. The second-order valence-corrected chi connectivity index (χ2v) is 7.67. The molecule has 0 radical (unpaired) electrons. The van der Waals surface area contributed by atoms with Crippen LogP contribution < -0.4 is 0 Å². The fourth-order valence-electron chi connectivity index (χ4n) is 2.83. The fraction of sp³-hybridized carbons (Fsp3) is 0.667.